The third-order valence-electron chi connectivity index (χ3n) is 4.54. The van der Waals surface area contributed by atoms with Gasteiger partial charge in [0.1, 0.15) is 0 Å². The van der Waals surface area contributed by atoms with Crippen molar-refractivity contribution in [2.45, 2.75) is 64.3 Å². The fraction of sp³-hybridized carbons (Fsp3) is 0.857. The van der Waals surface area contributed by atoms with Crippen molar-refractivity contribution < 1.29 is 4.52 Å². The summed E-state index contributed by atoms with van der Waals surface area (Å²) >= 11 is 0. The van der Waals surface area contributed by atoms with Gasteiger partial charge in [-0.3, -0.25) is 0 Å². The molecule has 1 saturated carbocycles. The number of nitrogens with one attached hydrogen (secondary N) is 1. The van der Waals surface area contributed by atoms with E-state index in [9.17, 15) is 0 Å². The quantitative estimate of drug-likeness (QED) is 0.873. The van der Waals surface area contributed by atoms with Crippen LogP contribution < -0.4 is 5.32 Å². The molecule has 0 bridgehead atoms. The Hall–Kier alpha value is -0.900. The fourth-order valence-electron chi connectivity index (χ4n) is 2.74. The van der Waals surface area contributed by atoms with Crippen LogP contribution in [0.15, 0.2) is 4.52 Å². The number of likely N-dealkylation sites (N-methyl/N-ethyl adjacent to an activating group) is 1. The lowest BCUT2D eigenvalue weighted by Crippen LogP contribution is -2.27. The maximum absolute atomic E-state index is 5.43. The predicted molar refractivity (Wildman–Crippen MR) is 71.6 cm³/mol. The molecule has 2 rings (SSSR count). The lowest BCUT2D eigenvalue weighted by molar-refractivity contribution is 0.331. The molecule has 1 N–H and O–H groups in total. The first-order chi connectivity index (χ1) is 8.65. The van der Waals surface area contributed by atoms with E-state index < -0.39 is 0 Å². The van der Waals surface area contributed by atoms with Crippen LogP contribution in [0.3, 0.4) is 0 Å². The van der Waals surface area contributed by atoms with Crippen LogP contribution in [0.1, 0.15) is 70.0 Å². The molecule has 1 aromatic heterocycles. The molecule has 102 valence electrons. The summed E-state index contributed by atoms with van der Waals surface area (Å²) in [5.74, 6) is 3.33. The van der Waals surface area contributed by atoms with Crippen LogP contribution >= 0.6 is 0 Å². The van der Waals surface area contributed by atoms with Gasteiger partial charge in [-0.15, -0.1) is 0 Å². The van der Waals surface area contributed by atoms with Gasteiger partial charge in [0.15, 0.2) is 5.82 Å². The van der Waals surface area contributed by atoms with Crippen LogP contribution in [0, 0.1) is 5.92 Å². The van der Waals surface area contributed by atoms with Crippen molar-refractivity contribution in [1.29, 1.82) is 0 Å². The number of hydrogen-bond acceptors (Lipinski definition) is 4. The van der Waals surface area contributed by atoms with Crippen molar-refractivity contribution in [3.05, 3.63) is 11.7 Å². The maximum Gasteiger partial charge on any atom is 0.231 e. The Morgan fingerprint density at radius 2 is 2.17 bits per heavy atom. The molecular formula is C14H25N3O. The van der Waals surface area contributed by atoms with Gasteiger partial charge in [-0.25, -0.2) is 0 Å². The van der Waals surface area contributed by atoms with Crippen molar-refractivity contribution in [1.82, 2.24) is 15.5 Å². The van der Waals surface area contributed by atoms with E-state index >= 15 is 0 Å². The Balaban J connectivity index is 2.02. The van der Waals surface area contributed by atoms with Gasteiger partial charge in [0.05, 0.1) is 5.92 Å². The molecule has 1 heterocycles. The summed E-state index contributed by atoms with van der Waals surface area (Å²) in [6.45, 7) is 6.53. The molecule has 4 unspecified atom stereocenters. The monoisotopic (exact) mass is 251 g/mol. The minimum Gasteiger partial charge on any atom is -0.339 e. The first-order valence-corrected chi connectivity index (χ1v) is 7.16. The maximum atomic E-state index is 5.43. The summed E-state index contributed by atoms with van der Waals surface area (Å²) in [4.78, 5) is 4.61. The van der Waals surface area contributed by atoms with E-state index in [4.69, 9.17) is 4.52 Å². The van der Waals surface area contributed by atoms with E-state index in [0.29, 0.717) is 12.0 Å². The number of nitrogens with zero attached hydrogens (tertiary/aromatic N) is 2. The molecule has 4 nitrogen and oxygen atoms in total. The van der Waals surface area contributed by atoms with Crippen LogP contribution in [-0.4, -0.2) is 23.2 Å². The summed E-state index contributed by atoms with van der Waals surface area (Å²) in [5, 5.41) is 7.42. The van der Waals surface area contributed by atoms with Gasteiger partial charge in [-0.1, -0.05) is 25.4 Å². The van der Waals surface area contributed by atoms with Crippen LogP contribution in [0.2, 0.25) is 0 Å². The minimum atomic E-state index is 0.264. The van der Waals surface area contributed by atoms with Crippen LogP contribution in [-0.2, 0) is 0 Å². The first-order valence-electron chi connectivity index (χ1n) is 7.16. The zero-order valence-corrected chi connectivity index (χ0v) is 11.9. The first kappa shape index (κ1) is 13.5. The van der Waals surface area contributed by atoms with Gasteiger partial charge in [0, 0.05) is 12.0 Å². The second kappa shape index (κ2) is 5.83. The van der Waals surface area contributed by atoms with E-state index in [0.717, 1.165) is 17.6 Å². The van der Waals surface area contributed by atoms with Crippen molar-refractivity contribution in [3.63, 3.8) is 0 Å². The molecule has 0 amide bonds. The summed E-state index contributed by atoms with van der Waals surface area (Å²) < 4.78 is 5.43. The number of hydrogen-bond donors (Lipinski definition) is 1. The summed E-state index contributed by atoms with van der Waals surface area (Å²) in [7, 11) is 1.96. The smallest absolute Gasteiger partial charge is 0.231 e. The highest BCUT2D eigenvalue weighted by Gasteiger charge is 2.29. The van der Waals surface area contributed by atoms with Gasteiger partial charge >= 0.3 is 0 Å². The number of rotatable bonds is 5. The molecule has 1 aliphatic rings. The number of aromatic nitrogens is 2. The third-order valence-corrected chi connectivity index (χ3v) is 4.54. The fourth-order valence-corrected chi connectivity index (χ4v) is 2.74. The van der Waals surface area contributed by atoms with Crippen LogP contribution in [0.4, 0.5) is 0 Å². The van der Waals surface area contributed by atoms with Gasteiger partial charge < -0.3 is 9.84 Å². The Morgan fingerprint density at radius 1 is 1.39 bits per heavy atom. The summed E-state index contributed by atoms with van der Waals surface area (Å²) in [5.41, 5.74) is 0. The molecule has 0 radical (unpaired) electrons. The zero-order chi connectivity index (χ0) is 13.1. The molecular weight excluding hydrogens is 226 g/mol. The van der Waals surface area contributed by atoms with Crippen molar-refractivity contribution >= 4 is 0 Å². The molecule has 1 aliphatic carbocycles. The van der Waals surface area contributed by atoms with E-state index in [1.807, 2.05) is 7.05 Å². The SMILES string of the molecule is CCC1CCC(c2noc(C(C)C(C)NC)n2)C1. The second-order valence-electron chi connectivity index (χ2n) is 5.64. The lowest BCUT2D eigenvalue weighted by Gasteiger charge is -2.14. The standard InChI is InChI=1S/C14H25N3O/c1-5-11-6-7-12(8-11)13-16-14(18-17-13)9(2)10(3)15-4/h9-12,15H,5-8H2,1-4H3. The molecule has 18 heavy (non-hydrogen) atoms. The molecule has 0 aromatic carbocycles. The summed E-state index contributed by atoms with van der Waals surface area (Å²) in [6, 6.07) is 0.352. The van der Waals surface area contributed by atoms with Gasteiger partial charge in [-0.05, 0) is 39.2 Å². The van der Waals surface area contributed by atoms with Gasteiger partial charge in [-0.2, -0.15) is 4.98 Å². The highest BCUT2D eigenvalue weighted by Crippen LogP contribution is 2.38. The van der Waals surface area contributed by atoms with E-state index in [1.54, 1.807) is 0 Å². The molecule has 1 fully saturated rings. The topological polar surface area (TPSA) is 51.0 Å². The Kier molecular flexibility index (Phi) is 4.38. The largest absolute Gasteiger partial charge is 0.339 e. The van der Waals surface area contributed by atoms with Gasteiger partial charge in [0.25, 0.3) is 0 Å². The predicted octanol–water partition coefficient (Wildman–Crippen LogP) is 3.07. The van der Waals surface area contributed by atoms with E-state index in [-0.39, 0.29) is 5.92 Å². The molecule has 4 heteroatoms. The van der Waals surface area contributed by atoms with Gasteiger partial charge in [0.2, 0.25) is 5.89 Å². The van der Waals surface area contributed by atoms with E-state index in [2.05, 4.69) is 36.2 Å². The molecule has 0 aliphatic heterocycles. The Bertz CT molecular complexity index is 377. The van der Waals surface area contributed by atoms with Crippen LogP contribution in [0.5, 0.6) is 0 Å². The Labute approximate surface area is 110 Å². The van der Waals surface area contributed by atoms with Crippen molar-refractivity contribution in [2.75, 3.05) is 7.05 Å². The zero-order valence-electron chi connectivity index (χ0n) is 11.9. The highest BCUT2D eigenvalue weighted by molar-refractivity contribution is 5.02. The average Bonchev–Trinajstić information content (AvgIpc) is 3.04. The Morgan fingerprint density at radius 3 is 2.78 bits per heavy atom. The average molecular weight is 251 g/mol. The third kappa shape index (κ3) is 2.74. The summed E-state index contributed by atoms with van der Waals surface area (Å²) in [6.07, 6.45) is 5.03. The molecule has 0 saturated heterocycles. The second-order valence-corrected chi connectivity index (χ2v) is 5.64. The van der Waals surface area contributed by atoms with E-state index in [1.165, 1.54) is 25.7 Å². The molecule has 0 spiro atoms. The van der Waals surface area contributed by atoms with Crippen molar-refractivity contribution in [3.8, 4) is 0 Å². The minimum absolute atomic E-state index is 0.264. The normalized spacial score (nSPS) is 27.3. The molecule has 4 atom stereocenters. The highest BCUT2D eigenvalue weighted by atomic mass is 16.5. The molecule has 1 aromatic rings. The lowest BCUT2D eigenvalue weighted by atomic mass is 10.0. The van der Waals surface area contributed by atoms with Crippen molar-refractivity contribution in [2.24, 2.45) is 5.92 Å². The van der Waals surface area contributed by atoms with Crippen LogP contribution in [0.25, 0.3) is 0 Å².